The van der Waals surface area contributed by atoms with Gasteiger partial charge >= 0.3 is 0 Å². The molecule has 1 aromatic heterocycles. The number of para-hydroxylation sites is 1. The van der Waals surface area contributed by atoms with Crippen LogP contribution in [-0.4, -0.2) is 15.0 Å². The van der Waals surface area contributed by atoms with Crippen molar-refractivity contribution in [2.45, 2.75) is 32.2 Å². The molecule has 0 saturated carbocycles. The van der Waals surface area contributed by atoms with Crippen molar-refractivity contribution in [1.82, 2.24) is 15.0 Å². The molecule has 0 aliphatic heterocycles. The molecule has 0 spiro atoms. The second-order valence-corrected chi connectivity index (χ2v) is 4.14. The number of benzene rings is 1. The lowest BCUT2D eigenvalue weighted by Gasteiger charge is -2.06. The summed E-state index contributed by atoms with van der Waals surface area (Å²) in [7, 11) is 0. The van der Waals surface area contributed by atoms with Crippen LogP contribution in [0.15, 0.2) is 36.5 Å². The van der Waals surface area contributed by atoms with Crippen molar-refractivity contribution in [3.05, 3.63) is 42.2 Å². The van der Waals surface area contributed by atoms with Crippen LogP contribution in [0.2, 0.25) is 0 Å². The van der Waals surface area contributed by atoms with Crippen molar-refractivity contribution in [1.29, 1.82) is 0 Å². The van der Waals surface area contributed by atoms with Gasteiger partial charge in [-0.2, -0.15) is 15.0 Å². The number of hydrogen-bond acceptors (Lipinski definition) is 3. The third-order valence-corrected chi connectivity index (χ3v) is 2.75. The minimum Gasteiger partial charge on any atom is -0.323 e. The summed E-state index contributed by atoms with van der Waals surface area (Å²) in [5.41, 5.74) is 7.88. The lowest BCUT2D eigenvalue weighted by molar-refractivity contribution is 0.582. The molecule has 0 bridgehead atoms. The number of hydrogen-bond donors (Lipinski definition) is 1. The number of unbranched alkanes of at least 4 members (excludes halogenated alkanes) is 1. The summed E-state index contributed by atoms with van der Waals surface area (Å²) in [5, 5.41) is 8.66. The van der Waals surface area contributed by atoms with Crippen LogP contribution in [-0.2, 0) is 0 Å². The van der Waals surface area contributed by atoms with E-state index in [1.165, 1.54) is 0 Å². The van der Waals surface area contributed by atoms with E-state index in [2.05, 4.69) is 17.1 Å². The molecule has 4 nitrogen and oxygen atoms in total. The Morgan fingerprint density at radius 3 is 2.76 bits per heavy atom. The molecule has 17 heavy (non-hydrogen) atoms. The van der Waals surface area contributed by atoms with Crippen molar-refractivity contribution in [3.8, 4) is 5.69 Å². The van der Waals surface area contributed by atoms with E-state index in [0.717, 1.165) is 30.6 Å². The topological polar surface area (TPSA) is 56.7 Å². The molecule has 2 aromatic rings. The minimum atomic E-state index is -0.00703. The molecule has 0 radical (unpaired) electrons. The highest BCUT2D eigenvalue weighted by Gasteiger charge is 2.10. The van der Waals surface area contributed by atoms with Crippen LogP contribution in [0.1, 0.15) is 37.9 Å². The van der Waals surface area contributed by atoms with Gasteiger partial charge in [0.05, 0.1) is 23.6 Å². The average Bonchev–Trinajstić information content (AvgIpc) is 2.86. The average molecular weight is 230 g/mol. The van der Waals surface area contributed by atoms with Gasteiger partial charge in [-0.15, -0.1) is 0 Å². The van der Waals surface area contributed by atoms with Gasteiger partial charge in [0, 0.05) is 0 Å². The first-order valence-corrected chi connectivity index (χ1v) is 6.04. The Hall–Kier alpha value is -1.68. The van der Waals surface area contributed by atoms with Gasteiger partial charge < -0.3 is 5.73 Å². The summed E-state index contributed by atoms with van der Waals surface area (Å²) in [4.78, 5) is 1.63. The molecule has 0 fully saturated rings. The van der Waals surface area contributed by atoms with E-state index in [9.17, 15) is 0 Å². The molecule has 2 N–H and O–H groups in total. The van der Waals surface area contributed by atoms with Crippen LogP contribution in [0.5, 0.6) is 0 Å². The van der Waals surface area contributed by atoms with Gasteiger partial charge in [0.25, 0.3) is 0 Å². The Morgan fingerprint density at radius 2 is 2.06 bits per heavy atom. The van der Waals surface area contributed by atoms with E-state index >= 15 is 0 Å². The lowest BCUT2D eigenvalue weighted by Crippen LogP contribution is -2.11. The molecule has 0 saturated heterocycles. The van der Waals surface area contributed by atoms with Crippen LogP contribution in [0.3, 0.4) is 0 Å². The second kappa shape index (κ2) is 5.59. The Bertz CT molecular complexity index is 449. The SMILES string of the molecule is CCCCC(N)c1cnn(-c2ccccc2)n1. The predicted octanol–water partition coefficient (Wildman–Crippen LogP) is 2.46. The van der Waals surface area contributed by atoms with Crippen molar-refractivity contribution >= 4 is 0 Å². The van der Waals surface area contributed by atoms with E-state index in [4.69, 9.17) is 5.73 Å². The Balaban J connectivity index is 2.11. The first-order chi connectivity index (χ1) is 8.31. The Labute approximate surface area is 101 Å². The summed E-state index contributed by atoms with van der Waals surface area (Å²) in [5.74, 6) is 0. The smallest absolute Gasteiger partial charge is 0.0998 e. The van der Waals surface area contributed by atoms with Crippen LogP contribution in [0.4, 0.5) is 0 Å². The largest absolute Gasteiger partial charge is 0.323 e. The fourth-order valence-electron chi connectivity index (χ4n) is 1.70. The molecule has 1 unspecified atom stereocenters. The quantitative estimate of drug-likeness (QED) is 0.858. The summed E-state index contributed by atoms with van der Waals surface area (Å²) < 4.78 is 0. The first kappa shape index (κ1) is 11.8. The zero-order valence-corrected chi connectivity index (χ0v) is 10.1. The van der Waals surface area contributed by atoms with E-state index < -0.39 is 0 Å². The maximum Gasteiger partial charge on any atom is 0.0998 e. The van der Waals surface area contributed by atoms with Crippen LogP contribution in [0, 0.1) is 0 Å². The maximum atomic E-state index is 6.06. The molecule has 4 heteroatoms. The normalized spacial score (nSPS) is 12.6. The van der Waals surface area contributed by atoms with Gasteiger partial charge in [-0.05, 0) is 18.6 Å². The van der Waals surface area contributed by atoms with Gasteiger partial charge in [0.15, 0.2) is 0 Å². The van der Waals surface area contributed by atoms with E-state index in [1.54, 1.807) is 11.0 Å². The fraction of sp³-hybridized carbons (Fsp3) is 0.385. The van der Waals surface area contributed by atoms with E-state index in [-0.39, 0.29) is 6.04 Å². The molecule has 0 aliphatic rings. The van der Waals surface area contributed by atoms with Crippen LogP contribution in [0.25, 0.3) is 5.69 Å². The van der Waals surface area contributed by atoms with Crippen molar-refractivity contribution in [2.24, 2.45) is 5.73 Å². The highest BCUT2D eigenvalue weighted by molar-refractivity contribution is 5.28. The van der Waals surface area contributed by atoms with Crippen LogP contribution >= 0.6 is 0 Å². The third-order valence-electron chi connectivity index (χ3n) is 2.75. The monoisotopic (exact) mass is 230 g/mol. The predicted molar refractivity (Wildman–Crippen MR) is 67.8 cm³/mol. The molecule has 0 amide bonds. The van der Waals surface area contributed by atoms with Gasteiger partial charge in [0.2, 0.25) is 0 Å². The lowest BCUT2D eigenvalue weighted by atomic mass is 10.1. The zero-order valence-electron chi connectivity index (χ0n) is 10.1. The molecule has 1 heterocycles. The minimum absolute atomic E-state index is 0.00703. The zero-order chi connectivity index (χ0) is 12.1. The summed E-state index contributed by atoms with van der Waals surface area (Å²) in [6.07, 6.45) is 5.00. The number of nitrogens with zero attached hydrogens (tertiary/aromatic N) is 3. The molecule has 0 aliphatic carbocycles. The fourth-order valence-corrected chi connectivity index (χ4v) is 1.70. The second-order valence-electron chi connectivity index (χ2n) is 4.14. The molecule has 2 rings (SSSR count). The Morgan fingerprint density at radius 1 is 1.29 bits per heavy atom. The summed E-state index contributed by atoms with van der Waals surface area (Å²) in [6, 6.07) is 9.85. The highest BCUT2D eigenvalue weighted by Crippen LogP contribution is 2.14. The van der Waals surface area contributed by atoms with Crippen molar-refractivity contribution in [2.75, 3.05) is 0 Å². The van der Waals surface area contributed by atoms with E-state index in [1.807, 2.05) is 30.3 Å². The molecule has 90 valence electrons. The van der Waals surface area contributed by atoms with Crippen LogP contribution < -0.4 is 5.73 Å². The molecule has 1 atom stereocenters. The Kier molecular flexibility index (Phi) is 3.88. The molecular weight excluding hydrogens is 212 g/mol. The highest BCUT2D eigenvalue weighted by atomic mass is 15.5. The van der Waals surface area contributed by atoms with E-state index in [0.29, 0.717) is 0 Å². The van der Waals surface area contributed by atoms with Gasteiger partial charge in [-0.1, -0.05) is 38.0 Å². The van der Waals surface area contributed by atoms with Gasteiger partial charge in [-0.3, -0.25) is 0 Å². The maximum absolute atomic E-state index is 6.06. The molecular formula is C13H18N4. The number of nitrogens with two attached hydrogens (primary N) is 1. The third kappa shape index (κ3) is 2.91. The number of rotatable bonds is 5. The summed E-state index contributed by atoms with van der Waals surface area (Å²) >= 11 is 0. The molecule has 1 aromatic carbocycles. The number of aromatic nitrogens is 3. The van der Waals surface area contributed by atoms with Crippen molar-refractivity contribution in [3.63, 3.8) is 0 Å². The first-order valence-electron chi connectivity index (χ1n) is 6.04. The standard InChI is InChI=1S/C13H18N4/c1-2-3-9-12(14)13-10-15-17(16-13)11-7-5-4-6-8-11/h4-8,10,12H,2-3,9,14H2,1H3. The van der Waals surface area contributed by atoms with Gasteiger partial charge in [0.1, 0.15) is 0 Å². The van der Waals surface area contributed by atoms with Crippen molar-refractivity contribution < 1.29 is 0 Å². The summed E-state index contributed by atoms with van der Waals surface area (Å²) in [6.45, 7) is 2.16. The van der Waals surface area contributed by atoms with Gasteiger partial charge in [-0.25, -0.2) is 0 Å².